The minimum atomic E-state index is -4.39. The minimum Gasteiger partial charge on any atom is -0.388 e. The van der Waals surface area contributed by atoms with Gasteiger partial charge in [0.25, 0.3) is 0 Å². The molecule has 1 saturated carbocycles. The van der Waals surface area contributed by atoms with Gasteiger partial charge in [-0.3, -0.25) is 4.98 Å². The molecule has 1 saturated heterocycles. The maximum atomic E-state index is 13.3. The first-order valence-corrected chi connectivity index (χ1v) is 14.6. The Morgan fingerprint density at radius 2 is 1.76 bits per heavy atom. The summed E-state index contributed by atoms with van der Waals surface area (Å²) >= 11 is 2.49. The highest BCUT2D eigenvalue weighted by Crippen LogP contribution is 2.61. The third kappa shape index (κ3) is 4.34. The first-order chi connectivity index (χ1) is 17.5. The van der Waals surface area contributed by atoms with E-state index >= 15 is 0 Å². The number of aromatic nitrogens is 1. The number of pyridine rings is 1. The van der Waals surface area contributed by atoms with E-state index in [1.165, 1.54) is 0 Å². The van der Waals surface area contributed by atoms with Crippen LogP contribution in [0, 0.1) is 5.41 Å². The second-order valence-electron chi connectivity index (χ2n) is 12.0. The lowest BCUT2D eigenvalue weighted by atomic mass is 9.70. The Morgan fingerprint density at radius 3 is 2.38 bits per heavy atom. The van der Waals surface area contributed by atoms with Gasteiger partial charge in [0.05, 0.1) is 17.4 Å². The van der Waals surface area contributed by atoms with Crippen LogP contribution in [-0.2, 0) is 27.7 Å². The van der Waals surface area contributed by atoms with Gasteiger partial charge in [-0.1, -0.05) is 48.6 Å². The molecular formula is C29H33F3INO3. The molecule has 200 valence electrons. The fraction of sp³-hybridized carbons (Fsp3) is 0.621. The normalized spacial score (nSPS) is 31.5. The standard InChI is InChI=1S/C29H33F3INO3/c1-27(2)14-19-22(20(35)15-27)24-23(25(34-19)16-9-12-36-13-10-16)26(37-28(24)11-3-4-21(28)33)17-5-7-18(8-6-17)29(30,31)32/h5-8,16,20-21,26,35H,3-4,9-15H2,1-2H3/t20?,21?,26-,28?/m1/s1. The van der Waals surface area contributed by atoms with Crippen molar-refractivity contribution < 1.29 is 27.8 Å². The van der Waals surface area contributed by atoms with E-state index in [-0.39, 0.29) is 15.3 Å². The summed E-state index contributed by atoms with van der Waals surface area (Å²) < 4.78 is 52.9. The van der Waals surface area contributed by atoms with Crippen molar-refractivity contribution in [3.63, 3.8) is 0 Å². The second-order valence-corrected chi connectivity index (χ2v) is 13.5. The van der Waals surface area contributed by atoms with Crippen LogP contribution in [-0.4, -0.2) is 27.2 Å². The van der Waals surface area contributed by atoms with Gasteiger partial charge in [-0.2, -0.15) is 13.2 Å². The molecule has 4 atom stereocenters. The van der Waals surface area contributed by atoms with E-state index in [0.29, 0.717) is 25.2 Å². The number of hydrogen-bond acceptors (Lipinski definition) is 4. The number of alkyl halides is 4. The molecule has 3 heterocycles. The van der Waals surface area contributed by atoms with E-state index in [0.717, 1.165) is 78.7 Å². The molecule has 1 N–H and O–H groups in total. The number of nitrogens with zero attached hydrogens (tertiary/aromatic N) is 1. The maximum Gasteiger partial charge on any atom is 0.416 e. The molecule has 2 aromatic rings. The van der Waals surface area contributed by atoms with Gasteiger partial charge in [-0.15, -0.1) is 0 Å². The van der Waals surface area contributed by atoms with Gasteiger partial charge in [0, 0.05) is 45.4 Å². The van der Waals surface area contributed by atoms with Crippen molar-refractivity contribution in [3.8, 4) is 0 Å². The number of aliphatic hydroxyl groups is 1. The highest BCUT2D eigenvalue weighted by atomic mass is 127. The van der Waals surface area contributed by atoms with Crippen LogP contribution in [0.1, 0.15) is 110 Å². The molecule has 0 radical (unpaired) electrons. The maximum absolute atomic E-state index is 13.3. The lowest BCUT2D eigenvalue weighted by molar-refractivity contribution is -0.137. The Hall–Kier alpha value is -1.23. The first-order valence-electron chi connectivity index (χ1n) is 13.3. The number of hydrogen-bond donors (Lipinski definition) is 1. The molecule has 4 aliphatic rings. The summed E-state index contributed by atoms with van der Waals surface area (Å²) in [5.41, 5.74) is 4.37. The van der Waals surface area contributed by atoms with Crippen LogP contribution in [0.4, 0.5) is 13.2 Å². The molecule has 2 fully saturated rings. The SMILES string of the molecule is CC1(C)Cc2nc(C3CCOCC3)c3c(c2C(O)C1)C1(CCCC1I)O[C@@H]3c1ccc(C(F)(F)F)cc1. The molecule has 6 rings (SSSR count). The van der Waals surface area contributed by atoms with Gasteiger partial charge >= 0.3 is 6.18 Å². The molecule has 1 spiro atoms. The van der Waals surface area contributed by atoms with Gasteiger partial charge in [0.2, 0.25) is 0 Å². The van der Waals surface area contributed by atoms with E-state index < -0.39 is 29.5 Å². The van der Waals surface area contributed by atoms with Crippen molar-refractivity contribution in [2.75, 3.05) is 13.2 Å². The van der Waals surface area contributed by atoms with Gasteiger partial charge < -0.3 is 14.6 Å². The third-order valence-electron chi connectivity index (χ3n) is 8.78. The molecule has 3 unspecified atom stereocenters. The van der Waals surface area contributed by atoms with Crippen LogP contribution in [0.15, 0.2) is 24.3 Å². The molecular weight excluding hydrogens is 594 g/mol. The van der Waals surface area contributed by atoms with Crippen LogP contribution in [0.2, 0.25) is 0 Å². The second kappa shape index (κ2) is 9.17. The van der Waals surface area contributed by atoms with Crippen molar-refractivity contribution in [1.29, 1.82) is 0 Å². The quantitative estimate of drug-likeness (QED) is 0.281. The van der Waals surface area contributed by atoms with E-state index in [1.54, 1.807) is 12.1 Å². The summed E-state index contributed by atoms with van der Waals surface area (Å²) in [5, 5.41) is 11.5. The average Bonchev–Trinajstić information content (AvgIpc) is 3.38. The molecule has 2 aliphatic carbocycles. The summed E-state index contributed by atoms with van der Waals surface area (Å²) in [6.07, 6.45) is 0.457. The number of ether oxygens (including phenoxy) is 2. The Morgan fingerprint density at radius 1 is 1.05 bits per heavy atom. The summed E-state index contributed by atoms with van der Waals surface area (Å²) in [6, 6.07) is 5.41. The van der Waals surface area contributed by atoms with Gasteiger partial charge in [0.15, 0.2) is 0 Å². The van der Waals surface area contributed by atoms with Crippen molar-refractivity contribution in [2.45, 2.75) is 92.6 Å². The molecule has 2 aliphatic heterocycles. The van der Waals surface area contributed by atoms with E-state index in [4.69, 9.17) is 14.5 Å². The number of halogens is 4. The summed E-state index contributed by atoms with van der Waals surface area (Å²) in [7, 11) is 0. The molecule has 37 heavy (non-hydrogen) atoms. The third-order valence-corrected chi connectivity index (χ3v) is 10.4. The summed E-state index contributed by atoms with van der Waals surface area (Å²) in [5.74, 6) is 0.194. The fourth-order valence-electron chi connectivity index (χ4n) is 7.09. The number of aliphatic hydroxyl groups excluding tert-OH is 1. The average molecular weight is 627 g/mol. The predicted molar refractivity (Wildman–Crippen MR) is 142 cm³/mol. The van der Waals surface area contributed by atoms with Crippen LogP contribution in [0.25, 0.3) is 0 Å². The molecule has 1 aromatic heterocycles. The van der Waals surface area contributed by atoms with Gasteiger partial charge in [0.1, 0.15) is 11.7 Å². The summed E-state index contributed by atoms with van der Waals surface area (Å²) in [4.78, 5) is 5.29. The predicted octanol–water partition coefficient (Wildman–Crippen LogP) is 7.30. The van der Waals surface area contributed by atoms with Crippen molar-refractivity contribution in [1.82, 2.24) is 4.98 Å². The van der Waals surface area contributed by atoms with Crippen molar-refractivity contribution in [3.05, 3.63) is 63.5 Å². The molecule has 1 aromatic carbocycles. The lowest BCUT2D eigenvalue weighted by Crippen LogP contribution is -2.36. The Balaban J connectivity index is 1.59. The Bertz CT molecular complexity index is 1190. The van der Waals surface area contributed by atoms with E-state index in [9.17, 15) is 18.3 Å². The first kappa shape index (κ1) is 26.0. The van der Waals surface area contributed by atoms with Crippen LogP contribution >= 0.6 is 22.6 Å². The Kier molecular flexibility index (Phi) is 6.45. The summed E-state index contributed by atoms with van der Waals surface area (Å²) in [6.45, 7) is 5.68. The van der Waals surface area contributed by atoms with Gasteiger partial charge in [-0.05, 0) is 68.1 Å². The molecule has 0 bridgehead atoms. The monoisotopic (exact) mass is 627 g/mol. The molecule has 0 amide bonds. The fourth-order valence-corrected chi connectivity index (χ4v) is 8.30. The Labute approximate surface area is 229 Å². The zero-order chi connectivity index (χ0) is 26.2. The minimum absolute atomic E-state index is 0.0700. The zero-order valence-electron chi connectivity index (χ0n) is 21.2. The van der Waals surface area contributed by atoms with Crippen LogP contribution < -0.4 is 0 Å². The largest absolute Gasteiger partial charge is 0.416 e. The van der Waals surface area contributed by atoms with E-state index in [1.807, 2.05) is 0 Å². The van der Waals surface area contributed by atoms with Crippen molar-refractivity contribution in [2.24, 2.45) is 5.41 Å². The van der Waals surface area contributed by atoms with Crippen molar-refractivity contribution >= 4 is 22.6 Å². The van der Waals surface area contributed by atoms with Crippen LogP contribution in [0.5, 0.6) is 0 Å². The number of rotatable bonds is 2. The molecule has 4 nitrogen and oxygen atoms in total. The highest BCUT2D eigenvalue weighted by Gasteiger charge is 2.56. The smallest absolute Gasteiger partial charge is 0.388 e. The number of fused-ring (bicyclic) bond motifs is 4. The number of benzene rings is 1. The molecule has 8 heteroatoms. The van der Waals surface area contributed by atoms with E-state index in [2.05, 4.69) is 36.4 Å². The zero-order valence-corrected chi connectivity index (χ0v) is 23.4. The topological polar surface area (TPSA) is 51.6 Å². The highest BCUT2D eigenvalue weighted by molar-refractivity contribution is 14.1. The van der Waals surface area contributed by atoms with Crippen LogP contribution in [0.3, 0.4) is 0 Å². The lowest BCUT2D eigenvalue weighted by Gasteiger charge is -2.39. The van der Waals surface area contributed by atoms with Gasteiger partial charge in [-0.25, -0.2) is 0 Å².